The molecule has 3 aromatic heterocycles. The summed E-state index contributed by atoms with van der Waals surface area (Å²) < 4.78 is 41.1. The van der Waals surface area contributed by atoms with E-state index in [1.165, 1.54) is 6.33 Å². The standard InChI is InChI=1S/C18H17BrF3N7/c1-2-4-12-14(24-10-28-15(12)26-17(27-28)18(20,21)22)9-11-6-8-25-29(11)16-13(19)5-3-7-23-16/h3,5,7-8,10-11H,2,4,6,9H2,1H3. The average Bonchev–Trinajstić information content (AvgIpc) is 3.31. The zero-order chi connectivity index (χ0) is 20.6. The first-order chi connectivity index (χ1) is 13.9. The van der Waals surface area contributed by atoms with E-state index in [1.807, 2.05) is 30.3 Å². The molecule has 0 bridgehead atoms. The topological polar surface area (TPSA) is 71.6 Å². The van der Waals surface area contributed by atoms with Crippen LogP contribution in [-0.4, -0.2) is 36.8 Å². The molecule has 1 unspecified atom stereocenters. The van der Waals surface area contributed by atoms with Gasteiger partial charge < -0.3 is 0 Å². The molecule has 29 heavy (non-hydrogen) atoms. The summed E-state index contributed by atoms with van der Waals surface area (Å²) in [6.07, 6.45) is 2.68. The summed E-state index contributed by atoms with van der Waals surface area (Å²) in [5.74, 6) is -0.469. The monoisotopic (exact) mass is 467 g/mol. The minimum atomic E-state index is -4.60. The van der Waals surface area contributed by atoms with Crippen molar-refractivity contribution >= 4 is 33.6 Å². The van der Waals surface area contributed by atoms with E-state index in [9.17, 15) is 13.2 Å². The van der Waals surface area contributed by atoms with Crippen LogP contribution in [-0.2, 0) is 19.0 Å². The summed E-state index contributed by atoms with van der Waals surface area (Å²) in [6, 6.07) is 3.66. The number of fused-ring (bicyclic) bond motifs is 1. The number of hydrazone groups is 1. The third-order valence-electron chi connectivity index (χ3n) is 4.64. The molecule has 11 heteroatoms. The molecule has 3 aromatic rings. The molecule has 4 rings (SSSR count). The van der Waals surface area contributed by atoms with Gasteiger partial charge in [0.1, 0.15) is 6.33 Å². The molecule has 0 spiro atoms. The maximum atomic E-state index is 13.1. The molecule has 4 heterocycles. The van der Waals surface area contributed by atoms with Crippen LogP contribution in [0.4, 0.5) is 19.0 Å². The van der Waals surface area contributed by atoms with Crippen LogP contribution in [0.1, 0.15) is 36.8 Å². The summed E-state index contributed by atoms with van der Waals surface area (Å²) in [7, 11) is 0. The third-order valence-corrected chi connectivity index (χ3v) is 5.26. The number of nitrogens with zero attached hydrogens (tertiary/aromatic N) is 7. The fourth-order valence-corrected chi connectivity index (χ4v) is 3.80. The van der Waals surface area contributed by atoms with Gasteiger partial charge in [-0.25, -0.2) is 24.5 Å². The van der Waals surface area contributed by atoms with Crippen molar-refractivity contribution in [2.75, 3.05) is 5.01 Å². The number of halogens is 4. The first-order valence-electron chi connectivity index (χ1n) is 9.11. The largest absolute Gasteiger partial charge is 0.453 e. The second kappa shape index (κ2) is 7.69. The molecule has 0 amide bonds. The molecular weight excluding hydrogens is 451 g/mol. The summed E-state index contributed by atoms with van der Waals surface area (Å²) in [5, 5.41) is 9.78. The fraction of sp³-hybridized carbons (Fsp3) is 0.389. The van der Waals surface area contributed by atoms with E-state index in [-0.39, 0.29) is 11.7 Å². The first-order valence-corrected chi connectivity index (χ1v) is 9.90. The van der Waals surface area contributed by atoms with E-state index in [4.69, 9.17) is 0 Å². The van der Waals surface area contributed by atoms with Gasteiger partial charge in [-0.2, -0.15) is 18.3 Å². The third kappa shape index (κ3) is 3.83. The fourth-order valence-electron chi connectivity index (χ4n) is 3.36. The van der Waals surface area contributed by atoms with Crippen LogP contribution >= 0.6 is 15.9 Å². The molecule has 0 saturated carbocycles. The van der Waals surface area contributed by atoms with Crippen LogP contribution in [0.3, 0.4) is 0 Å². The highest BCUT2D eigenvalue weighted by Crippen LogP contribution is 2.31. The van der Waals surface area contributed by atoms with Crippen LogP contribution in [0.5, 0.6) is 0 Å². The predicted molar refractivity (Wildman–Crippen MR) is 105 cm³/mol. The SMILES string of the molecule is CCCc1c(CC2CC=NN2c2ncccc2Br)ncn2nc(C(F)(F)F)nc12. The smallest absolute Gasteiger partial charge is 0.243 e. The summed E-state index contributed by atoms with van der Waals surface area (Å²) in [4.78, 5) is 12.5. The lowest BCUT2D eigenvalue weighted by Gasteiger charge is -2.24. The van der Waals surface area contributed by atoms with E-state index in [0.717, 1.165) is 15.4 Å². The average molecular weight is 468 g/mol. The zero-order valence-electron chi connectivity index (χ0n) is 15.4. The van der Waals surface area contributed by atoms with Crippen LogP contribution in [0.15, 0.2) is 34.2 Å². The molecule has 0 fully saturated rings. The van der Waals surface area contributed by atoms with Gasteiger partial charge in [0.05, 0.1) is 16.2 Å². The molecule has 0 aliphatic carbocycles. The van der Waals surface area contributed by atoms with E-state index < -0.39 is 12.0 Å². The Morgan fingerprint density at radius 1 is 1.28 bits per heavy atom. The van der Waals surface area contributed by atoms with Gasteiger partial charge in [-0.3, -0.25) is 0 Å². The lowest BCUT2D eigenvalue weighted by molar-refractivity contribution is -0.144. The van der Waals surface area contributed by atoms with Crippen molar-refractivity contribution in [2.45, 2.75) is 44.8 Å². The summed E-state index contributed by atoms with van der Waals surface area (Å²) in [6.45, 7) is 1.96. The van der Waals surface area contributed by atoms with Crippen LogP contribution in [0, 0.1) is 0 Å². The molecule has 1 aliphatic rings. The van der Waals surface area contributed by atoms with E-state index >= 15 is 0 Å². The van der Waals surface area contributed by atoms with Gasteiger partial charge in [0.2, 0.25) is 0 Å². The van der Waals surface area contributed by atoms with E-state index in [2.05, 4.69) is 41.1 Å². The minimum Gasteiger partial charge on any atom is -0.243 e. The normalized spacial score (nSPS) is 16.9. The second-order valence-electron chi connectivity index (χ2n) is 6.67. The Bertz CT molecular complexity index is 1060. The predicted octanol–water partition coefficient (Wildman–Crippen LogP) is 4.06. The maximum Gasteiger partial charge on any atom is 0.453 e. The van der Waals surface area contributed by atoms with Crippen molar-refractivity contribution in [3.63, 3.8) is 0 Å². The number of pyridine rings is 1. The van der Waals surface area contributed by atoms with Gasteiger partial charge in [-0.15, -0.1) is 5.10 Å². The van der Waals surface area contributed by atoms with E-state index in [0.29, 0.717) is 36.3 Å². The van der Waals surface area contributed by atoms with Crippen molar-refractivity contribution in [1.82, 2.24) is 24.6 Å². The van der Waals surface area contributed by atoms with Crippen molar-refractivity contribution in [3.8, 4) is 0 Å². The Balaban J connectivity index is 1.70. The lowest BCUT2D eigenvalue weighted by Crippen LogP contribution is -2.30. The molecular formula is C18H17BrF3N7. The van der Waals surface area contributed by atoms with E-state index in [1.54, 1.807) is 6.20 Å². The molecule has 152 valence electrons. The number of aryl methyl sites for hydroxylation is 1. The highest BCUT2D eigenvalue weighted by Gasteiger charge is 2.37. The number of hydrogen-bond acceptors (Lipinski definition) is 6. The molecule has 0 N–H and O–H groups in total. The molecule has 1 aliphatic heterocycles. The van der Waals surface area contributed by atoms with Crippen molar-refractivity contribution in [1.29, 1.82) is 0 Å². The van der Waals surface area contributed by atoms with Gasteiger partial charge in [0.25, 0.3) is 5.82 Å². The summed E-state index contributed by atoms with van der Waals surface area (Å²) >= 11 is 3.49. The minimum absolute atomic E-state index is 0.0447. The maximum absolute atomic E-state index is 13.1. The zero-order valence-corrected chi connectivity index (χ0v) is 17.0. The number of rotatable bonds is 5. The van der Waals surface area contributed by atoms with Crippen LogP contribution in [0.2, 0.25) is 0 Å². The van der Waals surface area contributed by atoms with Gasteiger partial charge in [0, 0.05) is 30.8 Å². The van der Waals surface area contributed by atoms with Crippen molar-refractivity contribution in [2.24, 2.45) is 5.10 Å². The Morgan fingerprint density at radius 2 is 2.10 bits per heavy atom. The van der Waals surface area contributed by atoms with Crippen LogP contribution < -0.4 is 5.01 Å². The number of alkyl halides is 3. The number of anilines is 1. The molecule has 0 radical (unpaired) electrons. The van der Waals surface area contributed by atoms with Gasteiger partial charge in [-0.05, 0) is 34.5 Å². The highest BCUT2D eigenvalue weighted by molar-refractivity contribution is 9.10. The van der Waals surface area contributed by atoms with Crippen LogP contribution in [0.25, 0.3) is 5.65 Å². The number of hydrogen-bond donors (Lipinski definition) is 0. The summed E-state index contributed by atoms with van der Waals surface area (Å²) in [5.41, 5.74) is 1.59. The van der Waals surface area contributed by atoms with Crippen molar-refractivity contribution in [3.05, 3.63) is 46.2 Å². The quantitative estimate of drug-likeness (QED) is 0.565. The molecule has 0 saturated heterocycles. The van der Waals surface area contributed by atoms with Gasteiger partial charge in [0.15, 0.2) is 11.5 Å². The lowest BCUT2D eigenvalue weighted by atomic mass is 10.0. The van der Waals surface area contributed by atoms with Crippen molar-refractivity contribution < 1.29 is 13.2 Å². The Labute approximate surface area is 172 Å². The second-order valence-corrected chi connectivity index (χ2v) is 7.52. The van der Waals surface area contributed by atoms with Gasteiger partial charge >= 0.3 is 6.18 Å². The first kappa shape index (κ1) is 19.7. The highest BCUT2D eigenvalue weighted by atomic mass is 79.9. The molecule has 0 aromatic carbocycles. The van der Waals surface area contributed by atoms with Gasteiger partial charge in [-0.1, -0.05) is 13.3 Å². The number of aromatic nitrogens is 5. The Hall–Kier alpha value is -2.56. The Morgan fingerprint density at radius 3 is 2.83 bits per heavy atom. The Kier molecular flexibility index (Phi) is 5.24. The molecule has 7 nitrogen and oxygen atoms in total. The molecule has 1 atom stereocenters.